The van der Waals surface area contributed by atoms with Gasteiger partial charge < -0.3 is 15.0 Å². The molecule has 0 aromatic carbocycles. The Bertz CT molecular complexity index is 728. The first-order chi connectivity index (χ1) is 9.74. The highest BCUT2D eigenvalue weighted by molar-refractivity contribution is 7.71. The van der Waals surface area contributed by atoms with Crippen LogP contribution in [-0.2, 0) is 4.79 Å². The smallest absolute Gasteiger partial charge is 0.243 e. The second kappa shape index (κ2) is 5.44. The SMILES string of the molecule is COc1ncnc2c1[nH]c(=S)n2C(C)C(=O)NC(C)(C)C. The number of rotatable bonds is 3. The summed E-state index contributed by atoms with van der Waals surface area (Å²) in [7, 11) is 1.52. The average Bonchev–Trinajstić information content (AvgIpc) is 2.71. The summed E-state index contributed by atoms with van der Waals surface area (Å²) in [5.74, 6) is 0.269. The zero-order chi connectivity index (χ0) is 15.8. The van der Waals surface area contributed by atoms with E-state index >= 15 is 0 Å². The van der Waals surface area contributed by atoms with Crippen molar-refractivity contribution in [2.24, 2.45) is 0 Å². The molecule has 0 radical (unpaired) electrons. The highest BCUT2D eigenvalue weighted by Gasteiger charge is 2.24. The maximum Gasteiger partial charge on any atom is 0.243 e. The number of methoxy groups -OCH3 is 1. The molecule has 0 fully saturated rings. The zero-order valence-electron chi connectivity index (χ0n) is 12.7. The molecule has 2 N–H and O–H groups in total. The third kappa shape index (κ3) is 3.05. The Morgan fingerprint density at radius 2 is 2.14 bits per heavy atom. The molecule has 1 unspecified atom stereocenters. The van der Waals surface area contributed by atoms with Crippen LogP contribution in [0.2, 0.25) is 0 Å². The number of carbonyl (C=O) groups excluding carboxylic acids is 1. The predicted molar refractivity (Wildman–Crippen MR) is 81.9 cm³/mol. The fourth-order valence-electron chi connectivity index (χ4n) is 2.02. The van der Waals surface area contributed by atoms with Crippen molar-refractivity contribution in [2.75, 3.05) is 7.11 Å². The van der Waals surface area contributed by atoms with E-state index < -0.39 is 6.04 Å². The molecule has 0 aliphatic carbocycles. The number of hydrogen-bond donors (Lipinski definition) is 2. The summed E-state index contributed by atoms with van der Waals surface area (Å²) in [6.45, 7) is 7.56. The van der Waals surface area contributed by atoms with Crippen LogP contribution < -0.4 is 10.1 Å². The summed E-state index contributed by atoms with van der Waals surface area (Å²) < 4.78 is 7.24. The van der Waals surface area contributed by atoms with Gasteiger partial charge in [-0.1, -0.05) is 0 Å². The summed E-state index contributed by atoms with van der Waals surface area (Å²) in [6, 6.07) is -0.495. The highest BCUT2D eigenvalue weighted by Crippen LogP contribution is 2.23. The van der Waals surface area contributed by atoms with Gasteiger partial charge in [0.1, 0.15) is 17.9 Å². The van der Waals surface area contributed by atoms with Gasteiger partial charge in [-0.3, -0.25) is 9.36 Å². The van der Waals surface area contributed by atoms with Crippen molar-refractivity contribution in [3.63, 3.8) is 0 Å². The number of nitrogens with zero attached hydrogens (tertiary/aromatic N) is 3. The lowest BCUT2D eigenvalue weighted by Crippen LogP contribution is -2.43. The van der Waals surface area contributed by atoms with Crippen molar-refractivity contribution < 1.29 is 9.53 Å². The highest BCUT2D eigenvalue weighted by atomic mass is 32.1. The molecule has 0 saturated carbocycles. The summed E-state index contributed by atoms with van der Waals surface area (Å²) in [6.07, 6.45) is 1.38. The maximum atomic E-state index is 12.3. The number of aromatic nitrogens is 4. The lowest BCUT2D eigenvalue weighted by Gasteiger charge is -2.23. The minimum Gasteiger partial charge on any atom is -0.479 e. The molecule has 2 rings (SSSR count). The minimum absolute atomic E-state index is 0.128. The fourth-order valence-corrected chi connectivity index (χ4v) is 2.37. The van der Waals surface area contributed by atoms with Crippen LogP contribution in [0.1, 0.15) is 33.7 Å². The molecular weight excluding hydrogens is 290 g/mol. The third-order valence-electron chi connectivity index (χ3n) is 2.93. The van der Waals surface area contributed by atoms with Crippen LogP contribution in [0.5, 0.6) is 5.88 Å². The monoisotopic (exact) mass is 309 g/mol. The molecule has 114 valence electrons. The molecule has 2 heterocycles. The molecule has 7 nitrogen and oxygen atoms in total. The topological polar surface area (TPSA) is 84.8 Å². The largest absolute Gasteiger partial charge is 0.479 e. The number of aromatic amines is 1. The molecule has 2 aromatic rings. The number of imidazole rings is 1. The Morgan fingerprint density at radius 1 is 1.48 bits per heavy atom. The normalized spacial score (nSPS) is 13.2. The summed E-state index contributed by atoms with van der Waals surface area (Å²) >= 11 is 5.30. The number of ether oxygens (including phenoxy) is 1. The maximum absolute atomic E-state index is 12.3. The summed E-state index contributed by atoms with van der Waals surface area (Å²) in [4.78, 5) is 23.6. The van der Waals surface area contributed by atoms with E-state index in [0.29, 0.717) is 21.8 Å². The number of carbonyl (C=O) groups is 1. The molecule has 2 aromatic heterocycles. The van der Waals surface area contributed by atoms with Crippen LogP contribution in [0.25, 0.3) is 11.2 Å². The quantitative estimate of drug-likeness (QED) is 0.847. The van der Waals surface area contributed by atoms with Gasteiger partial charge in [0.25, 0.3) is 0 Å². The third-order valence-corrected chi connectivity index (χ3v) is 3.23. The van der Waals surface area contributed by atoms with E-state index in [9.17, 15) is 4.79 Å². The van der Waals surface area contributed by atoms with Crippen LogP contribution in [0.15, 0.2) is 6.33 Å². The molecule has 0 spiro atoms. The predicted octanol–water partition coefficient (Wildman–Crippen LogP) is 1.97. The summed E-state index contributed by atoms with van der Waals surface area (Å²) in [5, 5.41) is 2.93. The van der Waals surface area contributed by atoms with E-state index in [1.54, 1.807) is 11.5 Å². The first-order valence-corrected chi connectivity index (χ1v) is 6.96. The van der Waals surface area contributed by atoms with E-state index in [1.807, 2.05) is 20.8 Å². The first kappa shape index (κ1) is 15.4. The van der Waals surface area contributed by atoms with E-state index in [4.69, 9.17) is 17.0 Å². The van der Waals surface area contributed by atoms with Gasteiger partial charge >= 0.3 is 0 Å². The van der Waals surface area contributed by atoms with E-state index in [2.05, 4.69) is 20.3 Å². The Morgan fingerprint density at radius 3 is 2.71 bits per heavy atom. The van der Waals surface area contributed by atoms with Crippen molar-refractivity contribution >= 4 is 29.3 Å². The van der Waals surface area contributed by atoms with Gasteiger partial charge in [-0.25, -0.2) is 4.98 Å². The number of hydrogen-bond acceptors (Lipinski definition) is 5. The Hall–Kier alpha value is -1.96. The molecular formula is C13H19N5O2S. The molecule has 8 heteroatoms. The van der Waals surface area contributed by atoms with Crippen molar-refractivity contribution in [1.29, 1.82) is 0 Å². The minimum atomic E-state index is -0.495. The molecule has 21 heavy (non-hydrogen) atoms. The first-order valence-electron chi connectivity index (χ1n) is 6.56. The second-order valence-corrected chi connectivity index (χ2v) is 6.18. The van der Waals surface area contributed by atoms with Gasteiger partial charge in [-0.05, 0) is 39.9 Å². The van der Waals surface area contributed by atoms with Gasteiger partial charge in [0.2, 0.25) is 11.8 Å². The number of nitrogens with one attached hydrogen (secondary N) is 2. The van der Waals surface area contributed by atoms with Gasteiger partial charge in [0.05, 0.1) is 7.11 Å². The van der Waals surface area contributed by atoms with Crippen LogP contribution in [0.4, 0.5) is 0 Å². The van der Waals surface area contributed by atoms with E-state index in [1.165, 1.54) is 13.4 Å². The van der Waals surface area contributed by atoms with Gasteiger partial charge in [-0.15, -0.1) is 0 Å². The van der Waals surface area contributed by atoms with Gasteiger partial charge in [-0.2, -0.15) is 4.98 Å². The zero-order valence-corrected chi connectivity index (χ0v) is 13.5. The van der Waals surface area contributed by atoms with Crippen molar-refractivity contribution in [3.05, 3.63) is 11.1 Å². The molecule has 1 atom stereocenters. The lowest BCUT2D eigenvalue weighted by molar-refractivity contribution is -0.125. The number of amides is 1. The molecule has 0 saturated heterocycles. The Kier molecular flexibility index (Phi) is 3.99. The molecule has 1 amide bonds. The lowest BCUT2D eigenvalue weighted by atomic mass is 10.1. The average molecular weight is 309 g/mol. The van der Waals surface area contributed by atoms with Crippen LogP contribution >= 0.6 is 12.2 Å². The van der Waals surface area contributed by atoms with Crippen LogP contribution in [0, 0.1) is 4.77 Å². The van der Waals surface area contributed by atoms with Gasteiger partial charge in [0.15, 0.2) is 10.4 Å². The fraction of sp³-hybridized carbons (Fsp3) is 0.538. The molecule has 0 aliphatic heterocycles. The Labute approximate surface area is 127 Å². The number of fused-ring (bicyclic) bond motifs is 1. The van der Waals surface area contributed by atoms with Gasteiger partial charge in [0, 0.05) is 5.54 Å². The second-order valence-electron chi connectivity index (χ2n) is 5.80. The van der Waals surface area contributed by atoms with Crippen LogP contribution in [0.3, 0.4) is 0 Å². The van der Waals surface area contributed by atoms with E-state index in [0.717, 1.165) is 0 Å². The van der Waals surface area contributed by atoms with Crippen molar-refractivity contribution in [3.8, 4) is 5.88 Å². The summed E-state index contributed by atoms with van der Waals surface area (Å²) in [5.41, 5.74) is 0.815. The molecule has 0 bridgehead atoms. The molecule has 0 aliphatic rings. The Balaban J connectivity index is 2.49. The number of H-pyrrole nitrogens is 1. The standard InChI is InChI=1S/C13H19N5O2S/c1-7(10(19)17-13(2,3)4)18-9-8(16-12(18)21)11(20-5)15-6-14-9/h6-7H,1-5H3,(H,16,21)(H,17,19). The van der Waals surface area contributed by atoms with Crippen molar-refractivity contribution in [1.82, 2.24) is 24.8 Å². The van der Waals surface area contributed by atoms with E-state index in [-0.39, 0.29) is 11.4 Å². The van der Waals surface area contributed by atoms with Crippen LogP contribution in [-0.4, -0.2) is 38.1 Å². The van der Waals surface area contributed by atoms with Crippen molar-refractivity contribution in [2.45, 2.75) is 39.3 Å².